The van der Waals surface area contributed by atoms with Gasteiger partial charge in [0.15, 0.2) is 18.7 Å². The molecule has 3 fully saturated rings. The largest absolute Gasteiger partial charge is 0.472 e. The van der Waals surface area contributed by atoms with Crippen molar-refractivity contribution in [3.8, 4) is 0 Å². The van der Waals surface area contributed by atoms with E-state index in [0.717, 1.165) is 89.9 Å². The Morgan fingerprint density at radius 3 is 1.11 bits per heavy atom. The summed E-state index contributed by atoms with van der Waals surface area (Å²) >= 11 is 0. The molecule has 566 valence electrons. The number of rotatable bonds is 57. The van der Waals surface area contributed by atoms with E-state index in [2.05, 4.69) is 57.2 Å². The van der Waals surface area contributed by atoms with Crippen LogP contribution in [-0.4, -0.2) is 204 Å². The minimum atomic E-state index is -5.70. The molecule has 18 atom stereocenters. The van der Waals surface area contributed by atoms with Gasteiger partial charge in [-0.2, -0.15) is 0 Å². The van der Waals surface area contributed by atoms with Crippen LogP contribution in [-0.2, 0) is 61.2 Å². The number of ether oxygens (including phenoxy) is 7. The molecule has 18 unspecified atom stereocenters. The van der Waals surface area contributed by atoms with E-state index in [9.17, 15) is 74.9 Å². The average Bonchev–Trinajstić information content (AvgIpc) is 0.763. The topological polar surface area (TPSA) is 374 Å². The van der Waals surface area contributed by atoms with Gasteiger partial charge in [-0.15, -0.1) is 0 Å². The minimum absolute atomic E-state index is 0.00616. The van der Waals surface area contributed by atoms with Crippen LogP contribution in [0.5, 0.6) is 0 Å². The third kappa shape index (κ3) is 37.3. The highest BCUT2D eigenvalue weighted by Crippen LogP contribution is 2.49. The van der Waals surface area contributed by atoms with Gasteiger partial charge in [-0.05, 0) is 96.3 Å². The van der Waals surface area contributed by atoms with Gasteiger partial charge in [0.25, 0.3) is 0 Å². The smallest absolute Gasteiger partial charge is 0.463 e. The third-order valence-electron chi connectivity index (χ3n) is 18.1. The summed E-state index contributed by atoms with van der Waals surface area (Å²) in [6.07, 6.45) is 15.1. The highest BCUT2D eigenvalue weighted by molar-refractivity contribution is 7.47. The van der Waals surface area contributed by atoms with Gasteiger partial charge in [0.1, 0.15) is 98.7 Å². The van der Waals surface area contributed by atoms with Gasteiger partial charge in [-0.3, -0.25) is 23.4 Å². The fourth-order valence-electron chi connectivity index (χ4n) is 12.0. The molecule has 0 aromatic heterocycles. The number of esters is 3. The van der Waals surface area contributed by atoms with E-state index < -0.39 is 156 Å². The van der Waals surface area contributed by atoms with Gasteiger partial charge in [0, 0.05) is 19.3 Å². The second-order valence-corrected chi connectivity index (χ2v) is 28.0. The summed E-state index contributed by atoms with van der Waals surface area (Å²) in [6.45, 7) is 3.38. The van der Waals surface area contributed by atoms with Gasteiger partial charge >= 0.3 is 25.7 Å². The molecule has 0 radical (unpaired) electrons. The van der Waals surface area contributed by atoms with Gasteiger partial charge in [-0.25, -0.2) is 4.57 Å². The number of phosphoric ester groups is 1. The maximum Gasteiger partial charge on any atom is 0.472 e. The Kier molecular flexibility index (Phi) is 49.1. The highest BCUT2D eigenvalue weighted by atomic mass is 31.2. The molecule has 2 aliphatic heterocycles. The maximum absolute atomic E-state index is 14.3. The fourth-order valence-corrected chi connectivity index (χ4v) is 12.9. The first-order valence-electron chi connectivity index (χ1n) is 37.3. The second-order valence-electron chi connectivity index (χ2n) is 26.6. The Hall–Kier alpha value is -2.82. The van der Waals surface area contributed by atoms with Crippen molar-refractivity contribution in [1.82, 2.24) is 0 Å². The molecule has 24 nitrogen and oxygen atoms in total. The number of phosphoric acid groups is 1. The van der Waals surface area contributed by atoms with Crippen LogP contribution in [0.3, 0.4) is 0 Å². The molecule has 1 aliphatic carbocycles. The first-order chi connectivity index (χ1) is 46.8. The lowest BCUT2D eigenvalue weighted by Gasteiger charge is -2.49. The molecule has 25 heteroatoms. The molecule has 0 bridgehead atoms. The lowest BCUT2D eigenvalue weighted by Crippen LogP contribution is -2.69. The lowest BCUT2D eigenvalue weighted by atomic mass is 9.84. The Morgan fingerprint density at radius 1 is 0.392 bits per heavy atom. The van der Waals surface area contributed by atoms with Crippen LogP contribution in [0.2, 0.25) is 0 Å². The SMILES string of the molecule is CCCCCCCCC/C=C\CCCCCC(=O)OCC(COP(=O)(O)OC1C(OC2OC(CO)C(O)C(O)C2O)C(O)C(O)C(O)C1OC1OC(COC(=O)CCCCC/C=C\CCCCCCCCC)C(O)C(O)C1O)OC(=O)CCCCC/C=C\CCCCCCCCC. The van der Waals surface area contributed by atoms with E-state index in [4.69, 9.17) is 42.2 Å². The first-order valence-corrected chi connectivity index (χ1v) is 38.8. The number of hydrogen-bond donors (Lipinski definition) is 11. The van der Waals surface area contributed by atoms with Gasteiger partial charge in [0.2, 0.25) is 0 Å². The summed E-state index contributed by atoms with van der Waals surface area (Å²) in [5, 5.41) is 110. The molecule has 0 amide bonds. The van der Waals surface area contributed by atoms with Gasteiger partial charge in [0.05, 0.1) is 13.2 Å². The quantitative estimate of drug-likeness (QED) is 0.00886. The number of aliphatic hydroxyl groups excluding tert-OH is 10. The van der Waals surface area contributed by atoms with E-state index in [-0.39, 0.29) is 19.3 Å². The lowest BCUT2D eigenvalue weighted by molar-refractivity contribution is -0.360. The number of aliphatic hydroxyl groups is 10. The van der Waals surface area contributed by atoms with E-state index in [1.807, 2.05) is 0 Å². The van der Waals surface area contributed by atoms with E-state index in [0.29, 0.717) is 25.7 Å². The minimum Gasteiger partial charge on any atom is -0.463 e. The fraction of sp³-hybridized carbons (Fsp3) is 0.875. The zero-order chi connectivity index (χ0) is 71.1. The van der Waals surface area contributed by atoms with Gasteiger partial charge < -0.3 is 89.1 Å². The molecule has 2 heterocycles. The summed E-state index contributed by atoms with van der Waals surface area (Å²) in [7, 11) is -5.70. The third-order valence-corrected chi connectivity index (χ3v) is 19.1. The van der Waals surface area contributed by atoms with Gasteiger partial charge in [-0.1, -0.05) is 192 Å². The number of carbonyl (C=O) groups is 3. The second kappa shape index (κ2) is 53.9. The van der Waals surface area contributed by atoms with E-state index in [1.165, 1.54) is 116 Å². The van der Waals surface area contributed by atoms with Crippen molar-refractivity contribution >= 4 is 25.7 Å². The molecule has 0 spiro atoms. The predicted molar refractivity (Wildman–Crippen MR) is 365 cm³/mol. The number of carbonyl (C=O) groups excluding carboxylic acids is 3. The number of unbranched alkanes of at least 4 members (excludes halogenated alkanes) is 30. The molecule has 0 aromatic carbocycles. The van der Waals surface area contributed by atoms with Crippen molar-refractivity contribution in [3.05, 3.63) is 36.5 Å². The highest BCUT2D eigenvalue weighted by Gasteiger charge is 2.58. The van der Waals surface area contributed by atoms with Crippen LogP contribution in [0.1, 0.15) is 271 Å². The Bertz CT molecular complexity index is 2150. The standard InChI is InChI=1S/C72H129O24P/c1-4-7-10-13-16-19-22-25-28-31-34-37-40-43-46-56(74)88-50-53(91-58(76)48-45-42-39-36-33-30-27-24-21-18-15-12-9-6-3)51-90-97(86,87)96-70-68(94-71-66(84)61(79)59(77)54(49-73)92-71)64(82)63(81)65(83)69(70)95-72-67(85)62(80)60(78)55(93-72)52-89-57(75)47-44-41-38-35-32-29-26-23-20-17-14-11-8-5-2/h28-33,53-55,59-73,77-85H,4-27,34-52H2,1-3H3,(H,86,87)/b31-28-,32-29-,33-30-. The van der Waals surface area contributed by atoms with Crippen molar-refractivity contribution in [1.29, 1.82) is 0 Å². The molecular formula is C72H129O24P. The first kappa shape index (κ1) is 88.4. The maximum atomic E-state index is 14.3. The van der Waals surface area contributed by atoms with E-state index >= 15 is 0 Å². The van der Waals surface area contributed by atoms with Crippen molar-refractivity contribution in [3.63, 3.8) is 0 Å². The zero-order valence-corrected chi connectivity index (χ0v) is 59.8. The van der Waals surface area contributed by atoms with Crippen molar-refractivity contribution in [2.75, 3.05) is 26.4 Å². The molecule has 3 rings (SSSR count). The Labute approximate surface area is 578 Å². The molecule has 0 aromatic rings. The summed E-state index contributed by atoms with van der Waals surface area (Å²) in [4.78, 5) is 50.9. The summed E-state index contributed by atoms with van der Waals surface area (Å²) in [5.41, 5.74) is 0. The van der Waals surface area contributed by atoms with Crippen LogP contribution < -0.4 is 0 Å². The Morgan fingerprint density at radius 2 is 0.722 bits per heavy atom. The van der Waals surface area contributed by atoms with Crippen molar-refractivity contribution in [2.45, 2.75) is 375 Å². The normalized spacial score (nSPS) is 28.0. The number of hydrogen-bond acceptors (Lipinski definition) is 23. The van der Waals surface area contributed by atoms with Crippen molar-refractivity contribution in [2.24, 2.45) is 0 Å². The van der Waals surface area contributed by atoms with Crippen molar-refractivity contribution < 1.29 is 117 Å². The zero-order valence-electron chi connectivity index (χ0n) is 58.9. The summed E-state index contributed by atoms with van der Waals surface area (Å²) in [6, 6.07) is 0. The predicted octanol–water partition coefficient (Wildman–Crippen LogP) is 9.90. The van der Waals surface area contributed by atoms with Crippen LogP contribution in [0.15, 0.2) is 36.5 Å². The molecule has 11 N–H and O–H groups in total. The summed E-state index contributed by atoms with van der Waals surface area (Å²) in [5.74, 6) is -2.05. The van der Waals surface area contributed by atoms with E-state index in [1.54, 1.807) is 0 Å². The average molecular weight is 1410 g/mol. The van der Waals surface area contributed by atoms with Crippen LogP contribution >= 0.6 is 7.82 Å². The number of allylic oxidation sites excluding steroid dienone is 6. The molecule has 3 aliphatic rings. The van der Waals surface area contributed by atoms with Crippen LogP contribution in [0.25, 0.3) is 0 Å². The molecule has 1 saturated carbocycles. The molecular weight excluding hydrogens is 1280 g/mol. The van der Waals surface area contributed by atoms with Crippen LogP contribution in [0.4, 0.5) is 0 Å². The summed E-state index contributed by atoms with van der Waals surface area (Å²) < 4.78 is 64.9. The Balaban J connectivity index is 1.75. The molecule has 97 heavy (non-hydrogen) atoms. The molecule has 2 saturated heterocycles. The monoisotopic (exact) mass is 1410 g/mol. The van der Waals surface area contributed by atoms with Crippen LogP contribution in [0, 0.1) is 0 Å².